The van der Waals surface area contributed by atoms with Crippen molar-refractivity contribution in [2.24, 2.45) is 0 Å². The van der Waals surface area contributed by atoms with E-state index in [1.807, 2.05) is 12.1 Å². The van der Waals surface area contributed by atoms with E-state index < -0.39 is 0 Å². The fourth-order valence-electron chi connectivity index (χ4n) is 3.79. The number of hydrogen-bond donors (Lipinski definition) is 0. The Morgan fingerprint density at radius 2 is 1.43 bits per heavy atom. The third kappa shape index (κ3) is 7.51. The van der Waals surface area contributed by atoms with Crippen molar-refractivity contribution in [1.29, 1.82) is 0 Å². The van der Waals surface area contributed by atoms with Crippen LogP contribution in [0.15, 0.2) is 42.5 Å². The number of hydrogen-bond acceptors (Lipinski definition) is 4. The lowest BCUT2D eigenvalue weighted by molar-refractivity contribution is 0.132. The first-order chi connectivity index (χ1) is 13.7. The van der Waals surface area contributed by atoms with E-state index in [2.05, 4.69) is 40.1 Å². The summed E-state index contributed by atoms with van der Waals surface area (Å²) in [5.74, 6) is 1.31. The predicted octanol–water partition coefficient (Wildman–Crippen LogP) is 4.99. The van der Waals surface area contributed by atoms with Gasteiger partial charge in [-0.1, -0.05) is 48.0 Å². The smallest absolute Gasteiger partial charge is 0.179 e. The fraction of sp³-hybridized carbons (Fsp3) is 0.478. The summed E-state index contributed by atoms with van der Waals surface area (Å²) >= 11 is 6.51. The molecule has 7 heteroatoms. The van der Waals surface area contributed by atoms with Crippen LogP contribution in [0.5, 0.6) is 11.5 Å². The van der Waals surface area contributed by atoms with Gasteiger partial charge in [-0.25, -0.2) is 0 Å². The summed E-state index contributed by atoms with van der Waals surface area (Å²) in [5, 5.41) is 0.668. The molecule has 2 aromatic rings. The molecule has 4 nitrogen and oxygen atoms in total. The molecule has 0 unspecified atom stereocenters. The van der Waals surface area contributed by atoms with Crippen molar-refractivity contribution in [3.63, 3.8) is 0 Å². The summed E-state index contributed by atoms with van der Waals surface area (Å²) in [4.78, 5) is 5.11. The quantitative estimate of drug-likeness (QED) is 0.510. The maximum absolute atomic E-state index is 6.51. The van der Waals surface area contributed by atoms with Gasteiger partial charge in [-0.15, -0.1) is 24.8 Å². The highest BCUT2D eigenvalue weighted by atomic mass is 35.5. The van der Waals surface area contributed by atoms with Gasteiger partial charge in [-0.3, -0.25) is 0 Å². The third-order valence-corrected chi connectivity index (χ3v) is 5.92. The predicted molar refractivity (Wildman–Crippen MR) is 130 cm³/mol. The summed E-state index contributed by atoms with van der Waals surface area (Å²) in [6.45, 7) is 6.74. The highest BCUT2D eigenvalue weighted by Crippen LogP contribution is 2.37. The topological polar surface area (TPSA) is 24.9 Å². The Morgan fingerprint density at radius 1 is 0.800 bits per heavy atom. The lowest BCUT2D eigenvalue weighted by Crippen LogP contribution is -2.47. The van der Waals surface area contributed by atoms with Crippen molar-refractivity contribution >= 4 is 36.4 Å². The molecule has 0 radical (unpaired) electrons. The van der Waals surface area contributed by atoms with Gasteiger partial charge >= 0.3 is 0 Å². The van der Waals surface area contributed by atoms with Gasteiger partial charge in [0.25, 0.3) is 0 Å². The molecule has 0 aromatic heterocycles. The maximum Gasteiger partial charge on any atom is 0.179 e. The number of piperazine rings is 1. The van der Waals surface area contributed by atoms with Crippen LogP contribution in [0.25, 0.3) is 0 Å². The lowest BCUT2D eigenvalue weighted by Gasteiger charge is -2.34. The van der Waals surface area contributed by atoms with Gasteiger partial charge in [0.1, 0.15) is 0 Å². The van der Waals surface area contributed by atoms with Gasteiger partial charge in [0.2, 0.25) is 0 Å². The number of benzene rings is 2. The first-order valence-corrected chi connectivity index (χ1v) is 10.5. The SMILES string of the molecule is COc1ccc(CCN2CCN(CCCc3ccccc3)CC2)c(Cl)c1OC.Cl.Cl. The number of methoxy groups -OCH3 is 2. The van der Waals surface area contributed by atoms with Gasteiger partial charge in [0.05, 0.1) is 19.2 Å². The molecule has 30 heavy (non-hydrogen) atoms. The van der Waals surface area contributed by atoms with Gasteiger partial charge in [0, 0.05) is 32.7 Å². The van der Waals surface area contributed by atoms with Crippen LogP contribution in [-0.4, -0.2) is 63.3 Å². The Labute approximate surface area is 198 Å². The number of aryl methyl sites for hydroxylation is 1. The van der Waals surface area contributed by atoms with Crippen LogP contribution in [0.3, 0.4) is 0 Å². The highest BCUT2D eigenvalue weighted by molar-refractivity contribution is 6.33. The van der Waals surface area contributed by atoms with Crippen LogP contribution in [0.1, 0.15) is 17.5 Å². The molecular weight excluding hydrogens is 443 g/mol. The molecule has 1 aliphatic heterocycles. The van der Waals surface area contributed by atoms with Crippen molar-refractivity contribution < 1.29 is 9.47 Å². The van der Waals surface area contributed by atoms with Crippen LogP contribution in [0.4, 0.5) is 0 Å². The van der Waals surface area contributed by atoms with Gasteiger partial charge in [-0.05, 0) is 43.0 Å². The maximum atomic E-state index is 6.51. The van der Waals surface area contributed by atoms with E-state index in [0.29, 0.717) is 16.5 Å². The van der Waals surface area contributed by atoms with Gasteiger partial charge in [-0.2, -0.15) is 0 Å². The van der Waals surface area contributed by atoms with Crippen molar-refractivity contribution in [2.75, 3.05) is 53.5 Å². The minimum atomic E-state index is 0. The summed E-state index contributed by atoms with van der Waals surface area (Å²) in [6, 6.07) is 14.7. The second-order valence-electron chi connectivity index (χ2n) is 7.30. The Balaban J connectivity index is 0.00000225. The summed E-state index contributed by atoms with van der Waals surface area (Å²) in [7, 11) is 3.26. The molecular formula is C23H33Cl3N2O2. The fourth-order valence-corrected chi connectivity index (χ4v) is 4.12. The summed E-state index contributed by atoms with van der Waals surface area (Å²) in [5.41, 5.74) is 2.55. The molecule has 0 atom stereocenters. The number of nitrogens with zero attached hydrogens (tertiary/aromatic N) is 2. The molecule has 0 saturated carbocycles. The van der Waals surface area contributed by atoms with Crippen LogP contribution in [0, 0.1) is 0 Å². The van der Waals surface area contributed by atoms with E-state index in [-0.39, 0.29) is 24.8 Å². The van der Waals surface area contributed by atoms with Crippen LogP contribution >= 0.6 is 36.4 Å². The summed E-state index contributed by atoms with van der Waals surface area (Å²) in [6.07, 6.45) is 3.32. The molecule has 1 saturated heterocycles. The average molecular weight is 476 g/mol. The zero-order chi connectivity index (χ0) is 19.8. The molecule has 0 amide bonds. The third-order valence-electron chi connectivity index (χ3n) is 5.51. The van der Waals surface area contributed by atoms with E-state index in [9.17, 15) is 0 Å². The largest absolute Gasteiger partial charge is 0.493 e. The zero-order valence-corrected chi connectivity index (χ0v) is 20.2. The van der Waals surface area contributed by atoms with E-state index in [0.717, 1.165) is 44.7 Å². The van der Waals surface area contributed by atoms with Crippen molar-refractivity contribution in [3.05, 3.63) is 58.6 Å². The Kier molecular flexibility index (Phi) is 12.5. The lowest BCUT2D eigenvalue weighted by atomic mass is 10.1. The normalized spacial score (nSPS) is 14.5. The first-order valence-electron chi connectivity index (χ1n) is 10.1. The van der Waals surface area contributed by atoms with E-state index in [1.54, 1.807) is 14.2 Å². The minimum Gasteiger partial charge on any atom is -0.493 e. The number of halogens is 3. The standard InChI is InChI=1S/C23H31ClN2O2.2ClH/c1-27-21-11-10-20(22(24)23(21)28-2)12-14-26-17-15-25(16-18-26)13-6-9-19-7-4-3-5-8-19;;/h3-5,7-8,10-11H,6,9,12-18H2,1-2H3;2*1H. The van der Waals surface area contributed by atoms with E-state index in [4.69, 9.17) is 21.1 Å². The van der Waals surface area contributed by atoms with Crippen LogP contribution < -0.4 is 9.47 Å². The molecule has 168 valence electrons. The Hall–Kier alpha value is -1.17. The van der Waals surface area contributed by atoms with Gasteiger partial charge < -0.3 is 19.3 Å². The van der Waals surface area contributed by atoms with Gasteiger partial charge in [0.15, 0.2) is 11.5 Å². The molecule has 0 aliphatic carbocycles. The second kappa shape index (κ2) is 14.0. The summed E-state index contributed by atoms with van der Waals surface area (Å²) < 4.78 is 10.7. The Bertz CT molecular complexity index is 739. The van der Waals surface area contributed by atoms with Crippen molar-refractivity contribution in [1.82, 2.24) is 9.80 Å². The van der Waals surface area contributed by atoms with Crippen LogP contribution in [0.2, 0.25) is 5.02 Å². The number of rotatable bonds is 9. The van der Waals surface area contributed by atoms with Crippen LogP contribution in [-0.2, 0) is 12.8 Å². The second-order valence-corrected chi connectivity index (χ2v) is 7.67. The molecule has 3 rings (SSSR count). The Morgan fingerprint density at radius 3 is 2.03 bits per heavy atom. The first kappa shape index (κ1) is 26.9. The van der Waals surface area contributed by atoms with E-state index >= 15 is 0 Å². The van der Waals surface area contributed by atoms with Crippen molar-refractivity contribution in [3.8, 4) is 11.5 Å². The molecule has 0 bridgehead atoms. The van der Waals surface area contributed by atoms with Crippen molar-refractivity contribution in [2.45, 2.75) is 19.3 Å². The molecule has 0 spiro atoms. The molecule has 0 N–H and O–H groups in total. The zero-order valence-electron chi connectivity index (χ0n) is 17.8. The molecule has 1 fully saturated rings. The molecule has 1 aliphatic rings. The minimum absolute atomic E-state index is 0. The average Bonchev–Trinajstić information content (AvgIpc) is 2.74. The molecule has 2 aromatic carbocycles. The van der Waals surface area contributed by atoms with E-state index in [1.165, 1.54) is 24.9 Å². The highest BCUT2D eigenvalue weighted by Gasteiger charge is 2.18. The monoisotopic (exact) mass is 474 g/mol. The molecule has 1 heterocycles. The number of ether oxygens (including phenoxy) is 2.